The Hall–Kier alpha value is -2.63. The molecular weight excluding hydrogens is 266 g/mol. The van der Waals surface area contributed by atoms with Crippen molar-refractivity contribution in [1.82, 2.24) is 20.2 Å². The van der Waals surface area contributed by atoms with Crippen molar-refractivity contribution in [1.29, 1.82) is 0 Å². The summed E-state index contributed by atoms with van der Waals surface area (Å²) in [4.78, 5) is 8.61. The van der Waals surface area contributed by atoms with E-state index in [9.17, 15) is 0 Å². The van der Waals surface area contributed by atoms with Gasteiger partial charge in [0.2, 0.25) is 11.8 Å². The molecule has 0 saturated carbocycles. The molecule has 0 aliphatic rings. The fourth-order valence-electron chi connectivity index (χ4n) is 2.03. The van der Waals surface area contributed by atoms with Gasteiger partial charge < -0.3 is 10.1 Å². The maximum absolute atomic E-state index is 5.88. The number of aromatic nitrogens is 4. The number of aromatic amines is 1. The molecule has 0 spiro atoms. The van der Waals surface area contributed by atoms with Gasteiger partial charge in [0, 0.05) is 7.05 Å². The minimum absolute atomic E-state index is 0.482. The molecule has 6 nitrogen and oxygen atoms in total. The highest BCUT2D eigenvalue weighted by molar-refractivity contribution is 5.80. The standard InChI is InChI=1S/C15H17N5O/c1-9(2)10-4-6-11(7-5-10)21-14-12-8-17-20-13(12)18-15(16-3)19-14/h4-9H,1-3H3,(H2,16,17,18,19,20). The monoisotopic (exact) mass is 283 g/mol. The first-order valence-corrected chi connectivity index (χ1v) is 6.84. The van der Waals surface area contributed by atoms with Gasteiger partial charge in [-0.15, -0.1) is 0 Å². The molecular formula is C15H17N5O. The van der Waals surface area contributed by atoms with Crippen LogP contribution in [0.4, 0.5) is 5.95 Å². The predicted octanol–water partition coefficient (Wildman–Crippen LogP) is 3.31. The highest BCUT2D eigenvalue weighted by Crippen LogP contribution is 2.28. The van der Waals surface area contributed by atoms with Gasteiger partial charge in [0.05, 0.1) is 6.20 Å². The average molecular weight is 283 g/mol. The second kappa shape index (κ2) is 5.40. The highest BCUT2D eigenvalue weighted by Gasteiger charge is 2.11. The Bertz CT molecular complexity index is 748. The number of anilines is 1. The summed E-state index contributed by atoms with van der Waals surface area (Å²) >= 11 is 0. The molecule has 0 fully saturated rings. The van der Waals surface area contributed by atoms with E-state index in [4.69, 9.17) is 4.74 Å². The lowest BCUT2D eigenvalue weighted by molar-refractivity contribution is 0.469. The second-order valence-electron chi connectivity index (χ2n) is 5.06. The molecule has 0 bridgehead atoms. The lowest BCUT2D eigenvalue weighted by Gasteiger charge is -2.09. The number of benzene rings is 1. The van der Waals surface area contributed by atoms with E-state index in [0.717, 1.165) is 11.1 Å². The average Bonchev–Trinajstić information content (AvgIpc) is 2.96. The summed E-state index contributed by atoms with van der Waals surface area (Å²) < 4.78 is 5.88. The Kier molecular flexibility index (Phi) is 3.43. The molecule has 0 atom stereocenters. The van der Waals surface area contributed by atoms with Gasteiger partial charge in [0.25, 0.3) is 0 Å². The van der Waals surface area contributed by atoms with Gasteiger partial charge >= 0.3 is 0 Å². The van der Waals surface area contributed by atoms with Crippen molar-refractivity contribution in [3.05, 3.63) is 36.0 Å². The van der Waals surface area contributed by atoms with E-state index in [2.05, 4.69) is 51.5 Å². The number of nitrogens with zero attached hydrogens (tertiary/aromatic N) is 3. The number of ether oxygens (including phenoxy) is 1. The minimum Gasteiger partial charge on any atom is -0.438 e. The summed E-state index contributed by atoms with van der Waals surface area (Å²) in [6.07, 6.45) is 1.66. The molecule has 108 valence electrons. The van der Waals surface area contributed by atoms with Crippen molar-refractivity contribution < 1.29 is 4.74 Å². The van der Waals surface area contributed by atoms with Crippen LogP contribution >= 0.6 is 0 Å². The molecule has 2 N–H and O–H groups in total. The molecule has 1 aromatic carbocycles. The normalized spacial score (nSPS) is 11.0. The summed E-state index contributed by atoms with van der Waals surface area (Å²) in [5.74, 6) is 2.20. The second-order valence-corrected chi connectivity index (χ2v) is 5.06. The molecule has 0 radical (unpaired) electrons. The van der Waals surface area contributed by atoms with E-state index < -0.39 is 0 Å². The quantitative estimate of drug-likeness (QED) is 0.768. The van der Waals surface area contributed by atoms with E-state index in [0.29, 0.717) is 23.4 Å². The summed E-state index contributed by atoms with van der Waals surface area (Å²) in [7, 11) is 1.76. The molecule has 2 aromatic heterocycles. The van der Waals surface area contributed by atoms with Crippen molar-refractivity contribution in [3.8, 4) is 11.6 Å². The van der Waals surface area contributed by atoms with Crippen LogP contribution in [-0.2, 0) is 0 Å². The van der Waals surface area contributed by atoms with Gasteiger partial charge in [0.15, 0.2) is 5.65 Å². The highest BCUT2D eigenvalue weighted by atomic mass is 16.5. The van der Waals surface area contributed by atoms with E-state index in [1.54, 1.807) is 13.2 Å². The zero-order valence-corrected chi connectivity index (χ0v) is 12.2. The van der Waals surface area contributed by atoms with Gasteiger partial charge in [-0.1, -0.05) is 26.0 Å². The zero-order chi connectivity index (χ0) is 14.8. The number of fused-ring (bicyclic) bond motifs is 1. The third-order valence-electron chi connectivity index (χ3n) is 3.26. The van der Waals surface area contributed by atoms with Crippen molar-refractivity contribution in [2.24, 2.45) is 0 Å². The first-order valence-electron chi connectivity index (χ1n) is 6.84. The molecule has 0 aliphatic heterocycles. The fraction of sp³-hybridized carbons (Fsp3) is 0.267. The first-order chi connectivity index (χ1) is 10.2. The number of nitrogens with one attached hydrogen (secondary N) is 2. The van der Waals surface area contributed by atoms with Crippen molar-refractivity contribution >= 4 is 17.0 Å². The molecule has 0 saturated heterocycles. The van der Waals surface area contributed by atoms with E-state index in [1.807, 2.05) is 12.1 Å². The maximum atomic E-state index is 5.88. The molecule has 0 unspecified atom stereocenters. The van der Waals surface area contributed by atoms with Gasteiger partial charge in [-0.05, 0) is 23.6 Å². The van der Waals surface area contributed by atoms with Crippen LogP contribution in [0.15, 0.2) is 30.5 Å². The summed E-state index contributed by atoms with van der Waals surface area (Å²) in [6.45, 7) is 4.32. The SMILES string of the molecule is CNc1nc(Oc2ccc(C(C)C)cc2)c2cn[nH]c2n1. The third-order valence-corrected chi connectivity index (χ3v) is 3.26. The maximum Gasteiger partial charge on any atom is 0.235 e. The van der Waals surface area contributed by atoms with Crippen LogP contribution < -0.4 is 10.1 Å². The third kappa shape index (κ3) is 2.65. The van der Waals surface area contributed by atoms with E-state index >= 15 is 0 Å². The van der Waals surface area contributed by atoms with Gasteiger partial charge in [-0.2, -0.15) is 15.1 Å². The van der Waals surface area contributed by atoms with Crippen LogP contribution in [-0.4, -0.2) is 27.2 Å². The van der Waals surface area contributed by atoms with Crippen LogP contribution in [0, 0.1) is 0 Å². The Balaban J connectivity index is 1.95. The van der Waals surface area contributed by atoms with Crippen molar-refractivity contribution in [3.63, 3.8) is 0 Å². The minimum atomic E-state index is 0.482. The number of rotatable bonds is 4. The van der Waals surface area contributed by atoms with Gasteiger partial charge in [-0.25, -0.2) is 0 Å². The smallest absolute Gasteiger partial charge is 0.235 e. The molecule has 2 heterocycles. The largest absolute Gasteiger partial charge is 0.438 e. The predicted molar refractivity (Wildman–Crippen MR) is 81.8 cm³/mol. The molecule has 3 rings (SSSR count). The Morgan fingerprint density at radius 2 is 1.90 bits per heavy atom. The number of H-pyrrole nitrogens is 1. The van der Waals surface area contributed by atoms with Crippen molar-refractivity contribution in [2.75, 3.05) is 12.4 Å². The first kappa shape index (κ1) is 13.4. The Morgan fingerprint density at radius 3 is 2.57 bits per heavy atom. The topological polar surface area (TPSA) is 75.7 Å². The molecule has 6 heteroatoms. The van der Waals surface area contributed by atoms with Crippen molar-refractivity contribution in [2.45, 2.75) is 19.8 Å². The molecule has 0 aliphatic carbocycles. The Labute approximate surface area is 122 Å². The lowest BCUT2D eigenvalue weighted by Crippen LogP contribution is -1.99. The van der Waals surface area contributed by atoms with Crippen LogP contribution in [0.1, 0.15) is 25.3 Å². The summed E-state index contributed by atoms with van der Waals surface area (Å²) in [5, 5.41) is 10.5. The van der Waals surface area contributed by atoms with E-state index in [-0.39, 0.29) is 0 Å². The van der Waals surface area contributed by atoms with Crippen LogP contribution in [0.25, 0.3) is 11.0 Å². The molecule has 3 aromatic rings. The molecule has 21 heavy (non-hydrogen) atoms. The van der Waals surface area contributed by atoms with E-state index in [1.165, 1.54) is 5.56 Å². The zero-order valence-electron chi connectivity index (χ0n) is 12.2. The lowest BCUT2D eigenvalue weighted by atomic mass is 10.0. The number of hydrogen-bond acceptors (Lipinski definition) is 5. The summed E-state index contributed by atoms with van der Waals surface area (Å²) in [5.41, 5.74) is 1.91. The van der Waals surface area contributed by atoms with Gasteiger partial charge in [0.1, 0.15) is 11.1 Å². The Morgan fingerprint density at radius 1 is 1.14 bits per heavy atom. The van der Waals surface area contributed by atoms with Gasteiger partial charge in [-0.3, -0.25) is 5.10 Å². The summed E-state index contributed by atoms with van der Waals surface area (Å²) in [6, 6.07) is 8.02. The molecule has 0 amide bonds. The number of hydrogen-bond donors (Lipinski definition) is 2. The van der Waals surface area contributed by atoms with Crippen LogP contribution in [0.5, 0.6) is 11.6 Å². The fourth-order valence-corrected chi connectivity index (χ4v) is 2.03. The van der Waals surface area contributed by atoms with Crippen LogP contribution in [0.2, 0.25) is 0 Å². The van der Waals surface area contributed by atoms with Crippen LogP contribution in [0.3, 0.4) is 0 Å².